The van der Waals surface area contributed by atoms with Gasteiger partial charge in [0.2, 0.25) is 11.8 Å². The molecule has 0 fully saturated rings. The number of nitrogens with one attached hydrogen (secondary N) is 1. The molecule has 1 aliphatic heterocycles. The topological polar surface area (TPSA) is 102 Å². The van der Waals surface area contributed by atoms with Gasteiger partial charge in [-0.1, -0.05) is 59.7 Å². The van der Waals surface area contributed by atoms with E-state index in [9.17, 15) is 4.79 Å². The number of methoxy groups -OCH3 is 1. The van der Waals surface area contributed by atoms with E-state index in [-0.39, 0.29) is 24.1 Å². The molecule has 1 aliphatic rings. The Labute approximate surface area is 184 Å². The van der Waals surface area contributed by atoms with Crippen LogP contribution in [0.3, 0.4) is 0 Å². The largest absolute Gasteiger partial charge is 0.481 e. The molecule has 3 heterocycles. The molecule has 0 radical (unpaired) electrons. The Hall–Kier alpha value is -4.33. The van der Waals surface area contributed by atoms with Crippen LogP contribution in [0.5, 0.6) is 5.88 Å². The summed E-state index contributed by atoms with van der Waals surface area (Å²) in [7, 11) is 1.53. The molecule has 0 bridgehead atoms. The molecule has 0 spiro atoms. The van der Waals surface area contributed by atoms with Gasteiger partial charge in [-0.25, -0.2) is 4.98 Å². The van der Waals surface area contributed by atoms with Gasteiger partial charge in [0, 0.05) is 35.4 Å². The highest BCUT2D eigenvalue weighted by molar-refractivity contribution is 6.16. The lowest BCUT2D eigenvalue weighted by molar-refractivity contribution is -0.119. The van der Waals surface area contributed by atoms with Gasteiger partial charge in [0.15, 0.2) is 11.9 Å². The molecule has 2 aromatic heterocycles. The van der Waals surface area contributed by atoms with E-state index in [4.69, 9.17) is 14.1 Å². The maximum absolute atomic E-state index is 13.0. The molecule has 1 unspecified atom stereocenters. The number of aromatic nitrogens is 3. The number of benzene rings is 2. The van der Waals surface area contributed by atoms with E-state index in [1.807, 2.05) is 54.6 Å². The van der Waals surface area contributed by atoms with E-state index in [0.717, 1.165) is 22.4 Å². The van der Waals surface area contributed by atoms with Crippen LogP contribution in [-0.4, -0.2) is 40.0 Å². The van der Waals surface area contributed by atoms with Crippen LogP contribution >= 0.6 is 0 Å². The zero-order chi connectivity index (χ0) is 21.9. The van der Waals surface area contributed by atoms with Gasteiger partial charge < -0.3 is 14.5 Å². The molecular weight excluding hydrogens is 406 g/mol. The molecule has 4 aromatic rings. The van der Waals surface area contributed by atoms with Gasteiger partial charge in [0.05, 0.1) is 12.8 Å². The van der Waals surface area contributed by atoms with Crippen molar-refractivity contribution in [2.75, 3.05) is 12.4 Å². The molecular formula is C24H19N5O3. The van der Waals surface area contributed by atoms with Gasteiger partial charge in [0.1, 0.15) is 0 Å². The number of carbonyl (C=O) groups excluding carboxylic acids is 1. The summed E-state index contributed by atoms with van der Waals surface area (Å²) in [5.74, 6) is 0.627. The molecule has 5 rings (SSSR count). The maximum atomic E-state index is 13.0. The fourth-order valence-electron chi connectivity index (χ4n) is 3.57. The first-order valence-corrected chi connectivity index (χ1v) is 10.1. The summed E-state index contributed by atoms with van der Waals surface area (Å²) >= 11 is 0. The Balaban J connectivity index is 1.48. The number of aliphatic imine (C=N–C) groups is 1. The third-order valence-electron chi connectivity index (χ3n) is 5.12. The molecule has 0 aliphatic carbocycles. The van der Waals surface area contributed by atoms with Crippen molar-refractivity contribution in [3.63, 3.8) is 0 Å². The van der Waals surface area contributed by atoms with Crippen LogP contribution in [0.4, 0.5) is 6.01 Å². The Morgan fingerprint density at radius 1 is 1.00 bits per heavy atom. The van der Waals surface area contributed by atoms with Gasteiger partial charge >= 0.3 is 6.01 Å². The number of carbonyl (C=O) groups is 1. The van der Waals surface area contributed by atoms with Crippen molar-refractivity contribution < 1.29 is 13.9 Å². The molecule has 0 saturated carbocycles. The van der Waals surface area contributed by atoms with Gasteiger partial charge in [-0.2, -0.15) is 0 Å². The van der Waals surface area contributed by atoms with Crippen molar-refractivity contribution in [1.82, 2.24) is 15.2 Å². The number of Topliss-reactive ketones (excluding diaryl/α,β-unsaturated/α-hetero) is 1. The monoisotopic (exact) mass is 425 g/mol. The van der Waals surface area contributed by atoms with Crippen LogP contribution in [0.1, 0.15) is 16.7 Å². The van der Waals surface area contributed by atoms with Crippen LogP contribution in [0, 0.1) is 0 Å². The van der Waals surface area contributed by atoms with E-state index in [2.05, 4.69) is 20.5 Å². The second-order valence-corrected chi connectivity index (χ2v) is 7.19. The lowest BCUT2D eigenvalue weighted by Crippen LogP contribution is -2.29. The van der Waals surface area contributed by atoms with Crippen molar-refractivity contribution in [1.29, 1.82) is 0 Å². The first-order valence-electron chi connectivity index (χ1n) is 10.1. The van der Waals surface area contributed by atoms with E-state index in [1.165, 1.54) is 7.11 Å². The summed E-state index contributed by atoms with van der Waals surface area (Å²) in [5, 5.41) is 11.1. The Bertz CT molecular complexity index is 1300. The van der Waals surface area contributed by atoms with Gasteiger partial charge in [0.25, 0.3) is 0 Å². The van der Waals surface area contributed by atoms with Gasteiger partial charge in [-0.3, -0.25) is 9.79 Å². The Kier molecular flexibility index (Phi) is 5.17. The zero-order valence-corrected chi connectivity index (χ0v) is 17.2. The standard InChI is InChI=1S/C24H19N5O3/c1-31-20-14-17(11-12-25-20)23-28-29-24(32-23)27-22-19(30)13-16-9-5-6-10-18(16)21(26-22)15-7-3-2-4-8-15/h2-12,14,22H,13H2,1H3,(H,27,29). The zero-order valence-electron chi connectivity index (χ0n) is 17.2. The number of hydrogen-bond acceptors (Lipinski definition) is 8. The molecule has 0 saturated heterocycles. The van der Waals surface area contributed by atoms with Gasteiger partial charge in [-0.05, 0) is 11.6 Å². The number of pyridine rings is 1. The Morgan fingerprint density at radius 3 is 2.66 bits per heavy atom. The first kappa shape index (κ1) is 19.6. The van der Waals surface area contributed by atoms with Crippen molar-refractivity contribution in [2.45, 2.75) is 12.6 Å². The number of nitrogens with zero attached hydrogens (tertiary/aromatic N) is 4. The van der Waals surface area contributed by atoms with E-state index in [0.29, 0.717) is 11.4 Å². The fraction of sp³-hybridized carbons (Fsp3) is 0.125. The van der Waals surface area contributed by atoms with Crippen molar-refractivity contribution >= 4 is 17.5 Å². The minimum absolute atomic E-state index is 0.0892. The highest BCUT2D eigenvalue weighted by Crippen LogP contribution is 2.25. The molecule has 0 amide bonds. The minimum Gasteiger partial charge on any atom is -0.481 e. The molecule has 158 valence electrons. The minimum atomic E-state index is -0.863. The van der Waals surface area contributed by atoms with Crippen LogP contribution in [0.2, 0.25) is 0 Å². The molecule has 1 N–H and O–H groups in total. The molecule has 8 heteroatoms. The third kappa shape index (κ3) is 3.85. The highest BCUT2D eigenvalue weighted by atomic mass is 16.5. The van der Waals surface area contributed by atoms with Crippen LogP contribution in [-0.2, 0) is 11.2 Å². The van der Waals surface area contributed by atoms with Gasteiger partial charge in [-0.15, -0.1) is 5.10 Å². The summed E-state index contributed by atoms with van der Waals surface area (Å²) in [6.45, 7) is 0. The van der Waals surface area contributed by atoms with Crippen molar-refractivity contribution in [2.24, 2.45) is 4.99 Å². The average Bonchev–Trinajstić information content (AvgIpc) is 3.26. The smallest absolute Gasteiger partial charge is 0.317 e. The molecule has 32 heavy (non-hydrogen) atoms. The summed E-state index contributed by atoms with van der Waals surface area (Å²) in [5.41, 5.74) is 4.19. The average molecular weight is 425 g/mol. The number of rotatable bonds is 5. The summed E-state index contributed by atoms with van der Waals surface area (Å²) < 4.78 is 10.9. The van der Waals surface area contributed by atoms with Crippen molar-refractivity contribution in [3.05, 3.63) is 89.6 Å². The Morgan fingerprint density at radius 2 is 1.81 bits per heavy atom. The predicted molar refractivity (Wildman–Crippen MR) is 119 cm³/mol. The normalized spacial score (nSPS) is 15.5. The fourth-order valence-corrected chi connectivity index (χ4v) is 3.57. The van der Waals surface area contributed by atoms with Crippen LogP contribution in [0.25, 0.3) is 11.5 Å². The quantitative estimate of drug-likeness (QED) is 0.522. The van der Waals surface area contributed by atoms with E-state index >= 15 is 0 Å². The van der Waals surface area contributed by atoms with Crippen molar-refractivity contribution in [3.8, 4) is 17.3 Å². The second kappa shape index (κ2) is 8.43. The second-order valence-electron chi connectivity index (χ2n) is 7.19. The molecule has 8 nitrogen and oxygen atoms in total. The summed E-state index contributed by atoms with van der Waals surface area (Å²) in [6.07, 6.45) is 0.974. The summed E-state index contributed by atoms with van der Waals surface area (Å²) in [6, 6.07) is 21.1. The predicted octanol–water partition coefficient (Wildman–Crippen LogP) is 3.54. The first-order chi connectivity index (χ1) is 15.7. The van der Waals surface area contributed by atoms with E-state index < -0.39 is 6.17 Å². The number of ether oxygens (including phenoxy) is 1. The van der Waals surface area contributed by atoms with Crippen LogP contribution < -0.4 is 10.1 Å². The van der Waals surface area contributed by atoms with E-state index in [1.54, 1.807) is 18.3 Å². The lowest BCUT2D eigenvalue weighted by Gasteiger charge is -2.11. The summed E-state index contributed by atoms with van der Waals surface area (Å²) in [4.78, 5) is 21.9. The maximum Gasteiger partial charge on any atom is 0.317 e. The number of ketones is 1. The lowest BCUT2D eigenvalue weighted by atomic mass is 9.96. The SMILES string of the molecule is COc1cc(-c2nnc(NC3N=C(c4ccccc4)c4ccccc4CC3=O)o2)ccn1. The number of anilines is 1. The number of hydrogen-bond donors (Lipinski definition) is 1. The third-order valence-corrected chi connectivity index (χ3v) is 5.12. The highest BCUT2D eigenvalue weighted by Gasteiger charge is 2.27. The number of fused-ring (bicyclic) bond motifs is 1. The van der Waals surface area contributed by atoms with Crippen LogP contribution in [0.15, 0.2) is 82.3 Å². The molecule has 1 atom stereocenters. The molecule has 2 aromatic carbocycles.